The van der Waals surface area contributed by atoms with E-state index in [1.54, 1.807) is 18.5 Å². The van der Waals surface area contributed by atoms with Crippen LogP contribution in [-0.2, 0) is 0 Å². The number of primary amides is 1. The van der Waals surface area contributed by atoms with E-state index in [0.717, 1.165) is 22.2 Å². The summed E-state index contributed by atoms with van der Waals surface area (Å²) in [7, 11) is 0. The zero-order valence-electron chi connectivity index (χ0n) is 8.90. The number of amides is 1. The Morgan fingerprint density at radius 2 is 2.18 bits per heavy atom. The predicted octanol–water partition coefficient (Wildman–Crippen LogP) is 1.66. The largest absolute Gasteiger partial charge is 0.364 e. The van der Waals surface area contributed by atoms with Crippen LogP contribution >= 0.6 is 0 Å². The standard InChI is InChI=1S/C12H10N4O/c13-11(17)10-5-7(6-16-10)8-1-3-14-12-9(8)2-4-15-12/h1-6,16H,(H2,13,17)(H,14,15). The van der Waals surface area contributed by atoms with Crippen molar-refractivity contribution in [1.29, 1.82) is 0 Å². The minimum absolute atomic E-state index is 0.403. The van der Waals surface area contributed by atoms with E-state index in [4.69, 9.17) is 5.73 Å². The smallest absolute Gasteiger partial charge is 0.265 e. The van der Waals surface area contributed by atoms with Gasteiger partial charge in [-0.25, -0.2) is 4.98 Å². The molecule has 5 heteroatoms. The van der Waals surface area contributed by atoms with Crippen molar-refractivity contribution in [2.45, 2.75) is 0 Å². The average Bonchev–Trinajstić information content (AvgIpc) is 2.97. The Morgan fingerprint density at radius 1 is 1.29 bits per heavy atom. The number of carbonyl (C=O) groups excluding carboxylic acids is 1. The zero-order valence-corrected chi connectivity index (χ0v) is 8.90. The topological polar surface area (TPSA) is 87.6 Å². The summed E-state index contributed by atoms with van der Waals surface area (Å²) in [5, 5.41) is 1.02. The lowest BCUT2D eigenvalue weighted by atomic mass is 10.1. The Bertz CT molecular complexity index is 695. The third-order valence-electron chi connectivity index (χ3n) is 2.72. The monoisotopic (exact) mass is 226 g/mol. The van der Waals surface area contributed by atoms with Crippen LogP contribution < -0.4 is 5.73 Å². The molecule has 0 radical (unpaired) electrons. The molecule has 3 aromatic rings. The predicted molar refractivity (Wildman–Crippen MR) is 64.4 cm³/mol. The molecule has 1 amide bonds. The van der Waals surface area contributed by atoms with Crippen LogP contribution in [0, 0.1) is 0 Å². The zero-order chi connectivity index (χ0) is 11.8. The molecule has 4 N–H and O–H groups in total. The number of hydrogen-bond acceptors (Lipinski definition) is 2. The first-order chi connectivity index (χ1) is 8.25. The molecule has 0 saturated carbocycles. The number of rotatable bonds is 2. The van der Waals surface area contributed by atoms with E-state index < -0.39 is 5.91 Å². The number of carbonyl (C=O) groups is 1. The van der Waals surface area contributed by atoms with Crippen LogP contribution in [0.25, 0.3) is 22.2 Å². The minimum Gasteiger partial charge on any atom is -0.364 e. The Kier molecular flexibility index (Phi) is 1.98. The summed E-state index contributed by atoms with van der Waals surface area (Å²) >= 11 is 0. The van der Waals surface area contributed by atoms with Crippen LogP contribution in [-0.4, -0.2) is 20.9 Å². The van der Waals surface area contributed by atoms with Crippen LogP contribution in [0.1, 0.15) is 10.5 Å². The second-order valence-corrected chi connectivity index (χ2v) is 3.76. The second-order valence-electron chi connectivity index (χ2n) is 3.76. The lowest BCUT2D eigenvalue weighted by Crippen LogP contribution is -2.10. The summed E-state index contributed by atoms with van der Waals surface area (Å²) in [6.45, 7) is 0. The summed E-state index contributed by atoms with van der Waals surface area (Å²) in [6, 6.07) is 5.60. The molecule has 84 valence electrons. The van der Waals surface area contributed by atoms with E-state index in [0.29, 0.717) is 5.69 Å². The summed E-state index contributed by atoms with van der Waals surface area (Å²) in [4.78, 5) is 21.1. The van der Waals surface area contributed by atoms with Crippen molar-refractivity contribution in [3.05, 3.63) is 42.5 Å². The minimum atomic E-state index is -0.462. The van der Waals surface area contributed by atoms with Gasteiger partial charge in [-0.3, -0.25) is 4.79 Å². The third-order valence-corrected chi connectivity index (χ3v) is 2.72. The highest BCUT2D eigenvalue weighted by Crippen LogP contribution is 2.27. The van der Waals surface area contributed by atoms with Crippen molar-refractivity contribution in [2.75, 3.05) is 0 Å². The van der Waals surface area contributed by atoms with Crippen LogP contribution in [0.15, 0.2) is 36.8 Å². The van der Waals surface area contributed by atoms with Crippen LogP contribution in [0.4, 0.5) is 0 Å². The van der Waals surface area contributed by atoms with Crippen molar-refractivity contribution < 1.29 is 4.79 Å². The lowest BCUT2D eigenvalue weighted by Gasteiger charge is -1.98. The molecule has 0 fully saturated rings. The van der Waals surface area contributed by atoms with Gasteiger partial charge in [0.25, 0.3) is 5.91 Å². The first kappa shape index (κ1) is 9.65. The van der Waals surface area contributed by atoms with Gasteiger partial charge in [0.1, 0.15) is 11.3 Å². The number of nitrogens with two attached hydrogens (primary N) is 1. The van der Waals surface area contributed by atoms with E-state index in [-0.39, 0.29) is 0 Å². The molecule has 0 aliphatic carbocycles. The lowest BCUT2D eigenvalue weighted by molar-refractivity contribution is 0.0996. The fraction of sp³-hybridized carbons (Fsp3) is 0. The molecule has 0 spiro atoms. The molecular formula is C12H10N4O. The van der Waals surface area contributed by atoms with Gasteiger partial charge in [-0.05, 0) is 23.8 Å². The fourth-order valence-corrected chi connectivity index (χ4v) is 1.90. The normalized spacial score (nSPS) is 10.8. The first-order valence-corrected chi connectivity index (χ1v) is 5.16. The number of nitrogens with one attached hydrogen (secondary N) is 2. The van der Waals surface area contributed by atoms with Gasteiger partial charge >= 0.3 is 0 Å². The van der Waals surface area contributed by atoms with E-state index >= 15 is 0 Å². The third kappa shape index (κ3) is 1.48. The van der Waals surface area contributed by atoms with Crippen molar-refractivity contribution in [1.82, 2.24) is 15.0 Å². The molecule has 0 atom stereocenters. The number of hydrogen-bond donors (Lipinski definition) is 3. The van der Waals surface area contributed by atoms with Gasteiger partial charge in [-0.15, -0.1) is 0 Å². The quantitative estimate of drug-likeness (QED) is 0.620. The SMILES string of the molecule is NC(=O)c1cc(-c2ccnc3[nH]ccc23)c[nH]1. The Morgan fingerprint density at radius 3 is 2.94 bits per heavy atom. The summed E-state index contributed by atoms with van der Waals surface area (Å²) < 4.78 is 0. The maximum atomic E-state index is 11.0. The molecule has 17 heavy (non-hydrogen) atoms. The second kappa shape index (κ2) is 3.48. The Balaban J connectivity index is 2.19. The molecule has 5 nitrogen and oxygen atoms in total. The Labute approximate surface area is 96.7 Å². The van der Waals surface area contributed by atoms with E-state index in [1.807, 2.05) is 18.3 Å². The highest BCUT2D eigenvalue weighted by atomic mass is 16.1. The molecule has 0 aromatic carbocycles. The van der Waals surface area contributed by atoms with Gasteiger partial charge in [-0.1, -0.05) is 0 Å². The fourth-order valence-electron chi connectivity index (χ4n) is 1.90. The molecule has 3 heterocycles. The first-order valence-electron chi connectivity index (χ1n) is 5.16. The number of nitrogens with zero attached hydrogens (tertiary/aromatic N) is 1. The Hall–Kier alpha value is -2.56. The van der Waals surface area contributed by atoms with Gasteiger partial charge in [0.05, 0.1) is 0 Å². The number of pyridine rings is 1. The van der Waals surface area contributed by atoms with E-state index in [2.05, 4.69) is 15.0 Å². The highest BCUT2D eigenvalue weighted by Gasteiger charge is 2.09. The highest BCUT2D eigenvalue weighted by molar-refractivity contribution is 5.96. The molecular weight excluding hydrogens is 216 g/mol. The van der Waals surface area contributed by atoms with Gasteiger partial charge < -0.3 is 15.7 Å². The summed E-state index contributed by atoms with van der Waals surface area (Å²) in [6.07, 6.45) is 5.33. The molecule has 3 rings (SSSR count). The van der Waals surface area contributed by atoms with Gasteiger partial charge in [0, 0.05) is 29.5 Å². The molecule has 0 saturated heterocycles. The van der Waals surface area contributed by atoms with Crippen LogP contribution in [0.3, 0.4) is 0 Å². The number of H-pyrrole nitrogens is 2. The van der Waals surface area contributed by atoms with Gasteiger partial charge in [0.2, 0.25) is 0 Å². The maximum absolute atomic E-state index is 11.0. The molecule has 0 unspecified atom stereocenters. The van der Waals surface area contributed by atoms with E-state index in [1.165, 1.54) is 0 Å². The number of aromatic amines is 2. The van der Waals surface area contributed by atoms with Gasteiger partial charge in [0.15, 0.2) is 0 Å². The average molecular weight is 226 g/mol. The van der Waals surface area contributed by atoms with Crippen molar-refractivity contribution in [3.8, 4) is 11.1 Å². The maximum Gasteiger partial charge on any atom is 0.265 e. The molecule has 3 aromatic heterocycles. The molecule has 0 aliphatic rings. The summed E-state index contributed by atoms with van der Waals surface area (Å²) in [5.74, 6) is -0.462. The van der Waals surface area contributed by atoms with Crippen LogP contribution in [0.2, 0.25) is 0 Å². The van der Waals surface area contributed by atoms with Gasteiger partial charge in [-0.2, -0.15) is 0 Å². The number of aromatic nitrogens is 3. The summed E-state index contributed by atoms with van der Waals surface area (Å²) in [5.41, 5.74) is 8.37. The van der Waals surface area contributed by atoms with Crippen molar-refractivity contribution >= 4 is 16.9 Å². The molecule has 0 bridgehead atoms. The molecule has 0 aliphatic heterocycles. The van der Waals surface area contributed by atoms with Crippen LogP contribution in [0.5, 0.6) is 0 Å². The van der Waals surface area contributed by atoms with Crippen molar-refractivity contribution in [2.24, 2.45) is 5.73 Å². The van der Waals surface area contributed by atoms with E-state index in [9.17, 15) is 4.79 Å². The number of fused-ring (bicyclic) bond motifs is 1. The van der Waals surface area contributed by atoms with Crippen molar-refractivity contribution in [3.63, 3.8) is 0 Å².